The van der Waals surface area contributed by atoms with E-state index in [1.54, 1.807) is 0 Å². The van der Waals surface area contributed by atoms with E-state index in [1.165, 1.54) is 33.9 Å². The van der Waals surface area contributed by atoms with Gasteiger partial charge in [0.1, 0.15) is 12.6 Å². The Morgan fingerprint density at radius 1 is 0.949 bits per heavy atom. The summed E-state index contributed by atoms with van der Waals surface area (Å²) in [6, 6.07) is 17.0. The number of anilines is 1. The van der Waals surface area contributed by atoms with Crippen LogP contribution in [0.2, 0.25) is 0 Å². The molecule has 5 heteroatoms. The first-order chi connectivity index (χ1) is 18.2. The van der Waals surface area contributed by atoms with E-state index in [4.69, 9.17) is 4.74 Å². The molecule has 0 saturated heterocycles. The second-order valence-corrected chi connectivity index (χ2v) is 12.3. The van der Waals surface area contributed by atoms with Crippen LogP contribution in [0.5, 0.6) is 0 Å². The predicted octanol–water partition coefficient (Wildman–Crippen LogP) is 7.53. The number of carbonyl (C=O) groups excluding carboxylic acids is 1. The Labute approximate surface area is 233 Å². The number of hydrogen-bond acceptors (Lipinski definition) is 3. The van der Waals surface area contributed by atoms with E-state index >= 15 is 0 Å². The molecule has 204 valence electrons. The molecular weight excluding hydrogens is 482 g/mol. The zero-order valence-electron chi connectivity index (χ0n) is 24.8. The maximum absolute atomic E-state index is 12.6. The van der Waals surface area contributed by atoms with Gasteiger partial charge in [0.05, 0.1) is 5.41 Å². The van der Waals surface area contributed by atoms with Crippen molar-refractivity contribution in [2.45, 2.75) is 64.9 Å². The monoisotopic (exact) mass is 524 g/mol. The highest BCUT2D eigenvalue weighted by Gasteiger charge is 2.42. The first-order valence-electron chi connectivity index (χ1n) is 13.5. The Bertz CT molecular complexity index is 1430. The van der Waals surface area contributed by atoms with Crippen molar-refractivity contribution in [2.24, 2.45) is 0 Å². The standard InChI is InChI=1S/C34H41N3O2/c1-32(2,3)39-31(38)35-24(16-14-22-29-33(4,5)25-18-10-12-20-27(25)36(29)8)17-15-23-30-34(6,7)26-19-11-13-21-28(26)37(30)9/h10-23H,1-9H3/p+1/b16-14+,29-22+. The van der Waals surface area contributed by atoms with Gasteiger partial charge in [-0.1, -0.05) is 62.4 Å². The molecule has 0 spiro atoms. The zero-order chi connectivity index (χ0) is 28.6. The van der Waals surface area contributed by atoms with Crippen LogP contribution in [-0.4, -0.2) is 36.1 Å². The number of nitrogens with zero attached hydrogens (tertiary/aromatic N) is 2. The fraction of sp³-hybridized carbons (Fsp3) is 0.353. The Morgan fingerprint density at radius 3 is 2.23 bits per heavy atom. The van der Waals surface area contributed by atoms with Gasteiger partial charge >= 0.3 is 6.09 Å². The minimum absolute atomic E-state index is 0.123. The molecule has 0 radical (unpaired) electrons. The molecular formula is C34H42N3O2+. The quantitative estimate of drug-likeness (QED) is 0.325. The molecule has 5 nitrogen and oxygen atoms in total. The number of alkyl carbamates (subject to hydrolysis) is 1. The molecule has 1 amide bonds. The van der Waals surface area contributed by atoms with Crippen molar-refractivity contribution in [3.63, 3.8) is 0 Å². The predicted molar refractivity (Wildman–Crippen MR) is 162 cm³/mol. The fourth-order valence-electron chi connectivity index (χ4n) is 5.65. The van der Waals surface area contributed by atoms with E-state index in [0.29, 0.717) is 5.70 Å². The summed E-state index contributed by atoms with van der Waals surface area (Å²) in [5.41, 5.74) is 7.23. The minimum atomic E-state index is -0.586. The Morgan fingerprint density at radius 2 is 1.59 bits per heavy atom. The average molecular weight is 525 g/mol. The molecule has 0 fully saturated rings. The van der Waals surface area contributed by atoms with Crippen molar-refractivity contribution in [1.29, 1.82) is 0 Å². The summed E-state index contributed by atoms with van der Waals surface area (Å²) in [6.07, 6.45) is 11.6. The van der Waals surface area contributed by atoms with E-state index in [2.05, 4.69) is 117 Å². The second-order valence-electron chi connectivity index (χ2n) is 12.3. The molecule has 39 heavy (non-hydrogen) atoms. The van der Waals surface area contributed by atoms with Gasteiger partial charge in [0, 0.05) is 47.2 Å². The van der Waals surface area contributed by atoms with Gasteiger partial charge in [0.15, 0.2) is 5.71 Å². The normalized spacial score (nSPS) is 19.3. The number of benzene rings is 2. The van der Waals surface area contributed by atoms with Crippen LogP contribution in [0.3, 0.4) is 0 Å². The topological polar surface area (TPSA) is 44.6 Å². The lowest BCUT2D eigenvalue weighted by atomic mass is 9.81. The number of nitrogens with one attached hydrogen (secondary N) is 1. The van der Waals surface area contributed by atoms with E-state index in [-0.39, 0.29) is 10.8 Å². The molecule has 0 saturated carbocycles. The van der Waals surface area contributed by atoms with Crippen molar-refractivity contribution in [1.82, 2.24) is 5.32 Å². The molecule has 0 atom stereocenters. The van der Waals surface area contributed by atoms with Crippen LogP contribution in [0.25, 0.3) is 0 Å². The SMILES string of the molecule is CN1/C(=C/C=C/C(=C/C=C/C2=[N+](C)c3ccccc3C2(C)C)NC(=O)OC(C)(C)C)C(C)(C)c2ccccc21. The van der Waals surface area contributed by atoms with Crippen molar-refractivity contribution in [2.75, 3.05) is 19.0 Å². The summed E-state index contributed by atoms with van der Waals surface area (Å²) in [4.78, 5) is 14.9. The number of amides is 1. The summed E-state index contributed by atoms with van der Waals surface area (Å²) in [5.74, 6) is 0. The molecule has 0 unspecified atom stereocenters. The van der Waals surface area contributed by atoms with Crippen LogP contribution in [0, 0.1) is 0 Å². The number of fused-ring (bicyclic) bond motifs is 2. The van der Waals surface area contributed by atoms with Gasteiger partial charge in [0.25, 0.3) is 0 Å². The maximum atomic E-state index is 12.6. The van der Waals surface area contributed by atoms with Crippen LogP contribution in [0.4, 0.5) is 16.2 Å². The van der Waals surface area contributed by atoms with Crippen LogP contribution in [0.15, 0.2) is 96.4 Å². The van der Waals surface area contributed by atoms with Gasteiger partial charge in [0.2, 0.25) is 5.69 Å². The molecule has 0 bridgehead atoms. The highest BCUT2D eigenvalue weighted by molar-refractivity contribution is 6.03. The first-order valence-corrected chi connectivity index (χ1v) is 13.5. The summed E-state index contributed by atoms with van der Waals surface area (Å²) >= 11 is 0. The molecule has 2 aromatic rings. The number of ether oxygens (including phenoxy) is 1. The molecule has 1 N–H and O–H groups in total. The number of hydrogen-bond donors (Lipinski definition) is 1. The average Bonchev–Trinajstić information content (AvgIpc) is 3.17. The number of likely N-dealkylation sites (N-methyl/N-ethyl adjacent to an activating group) is 1. The molecule has 0 aliphatic carbocycles. The lowest BCUT2D eigenvalue weighted by Crippen LogP contribution is -2.31. The van der Waals surface area contributed by atoms with Crippen molar-refractivity contribution < 1.29 is 14.1 Å². The molecule has 2 aliphatic rings. The molecule has 2 heterocycles. The van der Waals surface area contributed by atoms with E-state index in [1.807, 2.05) is 45.1 Å². The zero-order valence-corrected chi connectivity index (χ0v) is 24.8. The van der Waals surface area contributed by atoms with Gasteiger partial charge < -0.3 is 9.64 Å². The smallest absolute Gasteiger partial charge is 0.412 e. The molecule has 2 aliphatic heterocycles. The number of rotatable bonds is 5. The van der Waals surface area contributed by atoms with Crippen LogP contribution in [0.1, 0.15) is 59.6 Å². The molecule has 2 aromatic carbocycles. The van der Waals surface area contributed by atoms with Gasteiger partial charge in [-0.3, -0.25) is 5.32 Å². The van der Waals surface area contributed by atoms with Gasteiger partial charge in [-0.25, -0.2) is 4.79 Å². The summed E-state index contributed by atoms with van der Waals surface area (Å²) in [5, 5.41) is 2.92. The van der Waals surface area contributed by atoms with Gasteiger partial charge in [-0.2, -0.15) is 4.58 Å². The van der Waals surface area contributed by atoms with Gasteiger partial charge in [-0.15, -0.1) is 0 Å². The lowest BCUT2D eigenvalue weighted by molar-refractivity contribution is -0.401. The minimum Gasteiger partial charge on any atom is -0.444 e. The lowest BCUT2D eigenvalue weighted by Gasteiger charge is -2.23. The third kappa shape index (κ3) is 5.63. The third-order valence-corrected chi connectivity index (χ3v) is 7.59. The summed E-state index contributed by atoms with van der Waals surface area (Å²) in [7, 11) is 4.20. The van der Waals surface area contributed by atoms with Crippen molar-refractivity contribution in [3.05, 3.63) is 108 Å². The van der Waals surface area contributed by atoms with Crippen LogP contribution >= 0.6 is 0 Å². The van der Waals surface area contributed by atoms with Crippen molar-refractivity contribution >= 4 is 23.2 Å². The van der Waals surface area contributed by atoms with E-state index < -0.39 is 11.7 Å². The Hall–Kier alpha value is -3.86. The highest BCUT2D eigenvalue weighted by Crippen LogP contribution is 2.46. The molecule has 4 rings (SSSR count). The highest BCUT2D eigenvalue weighted by atomic mass is 16.6. The van der Waals surface area contributed by atoms with Crippen LogP contribution < -0.4 is 10.2 Å². The summed E-state index contributed by atoms with van der Waals surface area (Å²) < 4.78 is 7.76. The van der Waals surface area contributed by atoms with Gasteiger partial charge in [-0.05, 0) is 64.5 Å². The second kappa shape index (κ2) is 10.4. The summed E-state index contributed by atoms with van der Waals surface area (Å²) in [6.45, 7) is 14.5. The number of para-hydroxylation sites is 2. The number of allylic oxidation sites excluding steroid dienone is 7. The Balaban J connectivity index is 1.63. The van der Waals surface area contributed by atoms with Crippen LogP contribution in [-0.2, 0) is 15.6 Å². The maximum Gasteiger partial charge on any atom is 0.412 e. The largest absolute Gasteiger partial charge is 0.444 e. The fourth-order valence-corrected chi connectivity index (χ4v) is 5.65. The van der Waals surface area contributed by atoms with E-state index in [0.717, 1.165) is 0 Å². The third-order valence-electron chi connectivity index (χ3n) is 7.59. The number of carbonyl (C=O) groups is 1. The van der Waals surface area contributed by atoms with Crippen molar-refractivity contribution in [3.8, 4) is 0 Å². The molecule has 0 aromatic heterocycles. The first kappa shape index (κ1) is 28.2. The van der Waals surface area contributed by atoms with E-state index in [9.17, 15) is 4.79 Å². The Kier molecular flexibility index (Phi) is 7.48.